The summed E-state index contributed by atoms with van der Waals surface area (Å²) in [6.07, 6.45) is 1.23. The number of halogens is 1. The highest BCUT2D eigenvalue weighted by Crippen LogP contribution is 2.24. The highest BCUT2D eigenvalue weighted by molar-refractivity contribution is 6.32. The number of amides is 1. The lowest BCUT2D eigenvalue weighted by Gasteiger charge is -2.22. The third-order valence-corrected chi connectivity index (χ3v) is 5.17. The molecule has 0 saturated carbocycles. The van der Waals surface area contributed by atoms with E-state index in [4.69, 9.17) is 16.1 Å². The van der Waals surface area contributed by atoms with Gasteiger partial charge in [0.05, 0.1) is 17.1 Å². The zero-order valence-electron chi connectivity index (χ0n) is 15.2. The second kappa shape index (κ2) is 8.10. The zero-order chi connectivity index (χ0) is 18.7. The predicted molar refractivity (Wildman–Crippen MR) is 99.3 cm³/mol. The molecule has 1 fully saturated rings. The van der Waals surface area contributed by atoms with Crippen LogP contribution in [0.25, 0.3) is 0 Å². The smallest absolute Gasteiger partial charge is 0.227 e. The Labute approximate surface area is 158 Å². The van der Waals surface area contributed by atoms with Crippen molar-refractivity contribution in [3.05, 3.63) is 45.8 Å². The highest BCUT2D eigenvalue weighted by Gasteiger charge is 2.21. The molecule has 1 aliphatic heterocycles. The lowest BCUT2D eigenvalue weighted by molar-refractivity contribution is -0.130. The first kappa shape index (κ1) is 18.7. The Morgan fingerprint density at radius 2 is 2.08 bits per heavy atom. The maximum Gasteiger partial charge on any atom is 0.227 e. The van der Waals surface area contributed by atoms with Crippen LogP contribution >= 0.6 is 11.6 Å². The summed E-state index contributed by atoms with van der Waals surface area (Å²) in [6, 6.07) is 4.91. The number of hydrogen-bond donors (Lipinski definition) is 1. The first-order chi connectivity index (χ1) is 12.4. The number of carbonyl (C=O) groups excluding carboxylic acids is 1. The molecule has 0 bridgehead atoms. The number of carbonyl (C=O) groups is 1. The quantitative estimate of drug-likeness (QED) is 0.887. The van der Waals surface area contributed by atoms with Gasteiger partial charge >= 0.3 is 0 Å². The summed E-state index contributed by atoms with van der Waals surface area (Å²) < 4.78 is 5.24. The van der Waals surface area contributed by atoms with Crippen molar-refractivity contribution in [3.8, 4) is 5.75 Å². The standard InChI is InChI=1S/C19H24ClN3O3/c1-13-16(14(2)26-21-13)12-22-6-3-7-23(9-8-22)19(25)11-15-4-5-18(24)17(20)10-15/h4-5,10,24H,3,6-9,11-12H2,1-2H3. The van der Waals surface area contributed by atoms with Gasteiger partial charge in [-0.3, -0.25) is 9.69 Å². The van der Waals surface area contributed by atoms with E-state index in [1.807, 2.05) is 18.7 Å². The maximum atomic E-state index is 12.6. The summed E-state index contributed by atoms with van der Waals surface area (Å²) >= 11 is 5.93. The molecule has 2 aromatic rings. The van der Waals surface area contributed by atoms with E-state index in [-0.39, 0.29) is 16.7 Å². The topological polar surface area (TPSA) is 69.8 Å². The van der Waals surface area contributed by atoms with E-state index in [0.717, 1.165) is 55.2 Å². The largest absolute Gasteiger partial charge is 0.506 e. The van der Waals surface area contributed by atoms with Gasteiger partial charge in [-0.2, -0.15) is 0 Å². The molecule has 140 valence electrons. The lowest BCUT2D eigenvalue weighted by atomic mass is 10.1. The van der Waals surface area contributed by atoms with Crippen LogP contribution in [0.4, 0.5) is 0 Å². The van der Waals surface area contributed by atoms with Gasteiger partial charge in [-0.25, -0.2) is 0 Å². The number of phenols is 1. The summed E-state index contributed by atoms with van der Waals surface area (Å²) in [5, 5.41) is 13.8. The predicted octanol–water partition coefficient (Wildman–Crippen LogP) is 2.93. The average Bonchev–Trinajstić information content (AvgIpc) is 2.81. The van der Waals surface area contributed by atoms with Gasteiger partial charge in [0.2, 0.25) is 5.91 Å². The molecular weight excluding hydrogens is 354 g/mol. The Hall–Kier alpha value is -2.05. The van der Waals surface area contributed by atoms with Crippen molar-refractivity contribution in [2.75, 3.05) is 26.2 Å². The van der Waals surface area contributed by atoms with Gasteiger partial charge in [0.25, 0.3) is 0 Å². The highest BCUT2D eigenvalue weighted by atomic mass is 35.5. The fraction of sp³-hybridized carbons (Fsp3) is 0.474. The number of hydrogen-bond acceptors (Lipinski definition) is 5. The van der Waals surface area contributed by atoms with E-state index < -0.39 is 0 Å². The number of aromatic hydroxyl groups is 1. The van der Waals surface area contributed by atoms with Crippen LogP contribution in [-0.2, 0) is 17.8 Å². The molecule has 1 aromatic carbocycles. The second-order valence-corrected chi connectivity index (χ2v) is 7.18. The maximum absolute atomic E-state index is 12.6. The summed E-state index contributed by atoms with van der Waals surface area (Å²) in [6.45, 7) is 7.92. The molecule has 1 saturated heterocycles. The molecule has 6 nitrogen and oxygen atoms in total. The van der Waals surface area contributed by atoms with Crippen molar-refractivity contribution >= 4 is 17.5 Å². The fourth-order valence-electron chi connectivity index (χ4n) is 3.28. The lowest BCUT2D eigenvalue weighted by Crippen LogP contribution is -2.36. The normalized spacial score (nSPS) is 15.9. The number of aromatic nitrogens is 1. The zero-order valence-corrected chi connectivity index (χ0v) is 15.9. The molecule has 1 amide bonds. The summed E-state index contributed by atoms with van der Waals surface area (Å²) in [4.78, 5) is 16.9. The molecule has 0 atom stereocenters. The van der Waals surface area contributed by atoms with E-state index in [9.17, 15) is 9.90 Å². The van der Waals surface area contributed by atoms with Crippen LogP contribution in [0.5, 0.6) is 5.75 Å². The minimum absolute atomic E-state index is 0.0348. The molecule has 0 spiro atoms. The Bertz CT molecular complexity index is 771. The molecule has 2 heterocycles. The molecule has 0 unspecified atom stereocenters. The summed E-state index contributed by atoms with van der Waals surface area (Å²) in [5.41, 5.74) is 2.89. The van der Waals surface area contributed by atoms with Gasteiger partial charge in [0.1, 0.15) is 11.5 Å². The molecule has 1 aliphatic rings. The minimum Gasteiger partial charge on any atom is -0.506 e. The Morgan fingerprint density at radius 1 is 1.27 bits per heavy atom. The molecular formula is C19H24ClN3O3. The number of benzene rings is 1. The number of rotatable bonds is 4. The van der Waals surface area contributed by atoms with E-state index in [1.54, 1.807) is 12.1 Å². The molecule has 1 aromatic heterocycles. The van der Waals surface area contributed by atoms with Crippen LogP contribution in [0.15, 0.2) is 22.7 Å². The van der Waals surface area contributed by atoms with Gasteiger partial charge in [-0.15, -0.1) is 0 Å². The molecule has 0 radical (unpaired) electrons. The third-order valence-electron chi connectivity index (χ3n) is 4.87. The van der Waals surface area contributed by atoms with Crippen molar-refractivity contribution in [1.82, 2.24) is 15.0 Å². The summed E-state index contributed by atoms with van der Waals surface area (Å²) in [5.74, 6) is 0.988. The van der Waals surface area contributed by atoms with Crippen LogP contribution in [0.3, 0.4) is 0 Å². The second-order valence-electron chi connectivity index (χ2n) is 6.78. The number of aryl methyl sites for hydroxylation is 2. The van der Waals surface area contributed by atoms with Crippen LogP contribution < -0.4 is 0 Å². The van der Waals surface area contributed by atoms with Gasteiger partial charge in [0.15, 0.2) is 0 Å². The SMILES string of the molecule is Cc1noc(C)c1CN1CCCN(C(=O)Cc2ccc(O)c(Cl)c2)CC1. The van der Waals surface area contributed by atoms with E-state index in [1.165, 1.54) is 6.07 Å². The van der Waals surface area contributed by atoms with E-state index in [2.05, 4.69) is 10.1 Å². The van der Waals surface area contributed by atoms with Gasteiger partial charge in [-0.05, 0) is 38.0 Å². The van der Waals surface area contributed by atoms with E-state index >= 15 is 0 Å². The van der Waals surface area contributed by atoms with E-state index in [0.29, 0.717) is 13.0 Å². The Morgan fingerprint density at radius 3 is 2.77 bits per heavy atom. The average molecular weight is 378 g/mol. The van der Waals surface area contributed by atoms with Gasteiger partial charge in [0, 0.05) is 38.3 Å². The molecule has 26 heavy (non-hydrogen) atoms. The van der Waals surface area contributed by atoms with Crippen LogP contribution in [0.1, 0.15) is 29.0 Å². The van der Waals surface area contributed by atoms with Gasteiger partial charge < -0.3 is 14.5 Å². The molecule has 0 aliphatic carbocycles. The fourth-order valence-corrected chi connectivity index (χ4v) is 3.48. The first-order valence-corrected chi connectivity index (χ1v) is 9.21. The number of phenolic OH excluding ortho intramolecular Hbond substituents is 1. The monoisotopic (exact) mass is 377 g/mol. The van der Waals surface area contributed by atoms with Crippen LogP contribution in [0, 0.1) is 13.8 Å². The van der Waals surface area contributed by atoms with Crippen molar-refractivity contribution in [1.29, 1.82) is 0 Å². The van der Waals surface area contributed by atoms with Gasteiger partial charge in [-0.1, -0.05) is 22.8 Å². The third kappa shape index (κ3) is 4.37. The van der Waals surface area contributed by atoms with Crippen LogP contribution in [0.2, 0.25) is 5.02 Å². The first-order valence-electron chi connectivity index (χ1n) is 8.83. The van der Waals surface area contributed by atoms with Crippen molar-refractivity contribution in [2.24, 2.45) is 0 Å². The molecule has 7 heteroatoms. The summed E-state index contributed by atoms with van der Waals surface area (Å²) in [7, 11) is 0. The minimum atomic E-state index is 0.0348. The van der Waals surface area contributed by atoms with Crippen molar-refractivity contribution in [2.45, 2.75) is 33.2 Å². The molecule has 3 rings (SSSR count). The van der Waals surface area contributed by atoms with Crippen molar-refractivity contribution in [3.63, 3.8) is 0 Å². The number of nitrogens with zero attached hydrogens (tertiary/aromatic N) is 3. The van der Waals surface area contributed by atoms with Crippen LogP contribution in [-0.4, -0.2) is 52.1 Å². The Balaban J connectivity index is 1.57. The van der Waals surface area contributed by atoms with Crippen molar-refractivity contribution < 1.29 is 14.4 Å². The Kier molecular flexibility index (Phi) is 5.84. The molecule has 1 N–H and O–H groups in total.